The maximum atomic E-state index is 2.29. The average molecular weight is 138 g/mol. The highest BCUT2D eigenvalue weighted by Gasteiger charge is 2.12. The van der Waals surface area contributed by atoms with Gasteiger partial charge in [0.15, 0.2) is 0 Å². The molecule has 1 saturated carbocycles. The van der Waals surface area contributed by atoms with Gasteiger partial charge in [-0.25, -0.2) is 0 Å². The summed E-state index contributed by atoms with van der Waals surface area (Å²) < 4.78 is 0. The van der Waals surface area contributed by atoms with E-state index in [-0.39, 0.29) is 0 Å². The average Bonchev–Trinajstić information content (AvgIpc) is 2.41. The summed E-state index contributed by atoms with van der Waals surface area (Å²) in [5.74, 6) is 1.07. The van der Waals surface area contributed by atoms with Gasteiger partial charge in [0.25, 0.3) is 0 Å². The maximum Gasteiger partial charge on any atom is -0.0348 e. The van der Waals surface area contributed by atoms with Crippen molar-refractivity contribution in [2.75, 3.05) is 0 Å². The molecule has 0 bridgehead atoms. The minimum atomic E-state index is 1.07. The molecule has 0 spiro atoms. The van der Waals surface area contributed by atoms with Crippen LogP contribution >= 0.6 is 0 Å². The van der Waals surface area contributed by atoms with E-state index in [9.17, 15) is 0 Å². The van der Waals surface area contributed by atoms with Crippen molar-refractivity contribution < 1.29 is 0 Å². The van der Waals surface area contributed by atoms with Gasteiger partial charge in [-0.2, -0.15) is 0 Å². The summed E-state index contributed by atoms with van der Waals surface area (Å²) in [6, 6.07) is 0. The van der Waals surface area contributed by atoms with Crippen LogP contribution in [0.3, 0.4) is 0 Å². The Morgan fingerprint density at radius 2 is 2.00 bits per heavy atom. The molecule has 1 aliphatic rings. The van der Waals surface area contributed by atoms with Gasteiger partial charge in [-0.1, -0.05) is 37.8 Å². The molecule has 1 rings (SSSR count). The molecule has 0 aromatic rings. The first-order valence-corrected chi connectivity index (χ1v) is 4.54. The fourth-order valence-electron chi connectivity index (χ4n) is 1.80. The van der Waals surface area contributed by atoms with E-state index in [0.717, 1.165) is 5.92 Å². The normalized spacial score (nSPS) is 20.9. The van der Waals surface area contributed by atoms with Crippen molar-refractivity contribution in [3.63, 3.8) is 0 Å². The third-order valence-corrected chi connectivity index (χ3v) is 2.45. The number of rotatable bonds is 3. The number of hydrogen-bond acceptors (Lipinski definition) is 0. The monoisotopic (exact) mass is 138 g/mol. The molecule has 1 aliphatic carbocycles. The lowest BCUT2D eigenvalue weighted by Crippen LogP contribution is -1.90. The summed E-state index contributed by atoms with van der Waals surface area (Å²) in [5.41, 5.74) is 0. The van der Waals surface area contributed by atoms with Crippen molar-refractivity contribution in [3.05, 3.63) is 12.2 Å². The van der Waals surface area contributed by atoms with E-state index < -0.39 is 0 Å². The molecule has 0 nitrogen and oxygen atoms in total. The van der Waals surface area contributed by atoms with Crippen LogP contribution in [0.15, 0.2) is 12.2 Å². The Morgan fingerprint density at radius 1 is 1.30 bits per heavy atom. The lowest BCUT2D eigenvalue weighted by molar-refractivity contribution is 0.509. The first-order chi connectivity index (χ1) is 4.93. The van der Waals surface area contributed by atoms with Crippen molar-refractivity contribution in [3.8, 4) is 0 Å². The minimum Gasteiger partial charge on any atom is -0.0917 e. The second-order valence-corrected chi connectivity index (χ2v) is 3.30. The first-order valence-electron chi connectivity index (χ1n) is 4.54. The second-order valence-electron chi connectivity index (χ2n) is 3.30. The summed E-state index contributed by atoms with van der Waals surface area (Å²) in [4.78, 5) is 0. The molecule has 0 radical (unpaired) electrons. The van der Waals surface area contributed by atoms with Crippen molar-refractivity contribution in [2.24, 2.45) is 5.92 Å². The van der Waals surface area contributed by atoms with E-state index in [1.807, 2.05) is 0 Å². The predicted molar refractivity (Wildman–Crippen MR) is 46.0 cm³/mol. The lowest BCUT2D eigenvalue weighted by atomic mass is 10.0. The van der Waals surface area contributed by atoms with Crippen LogP contribution < -0.4 is 0 Å². The molecule has 0 atom stereocenters. The Hall–Kier alpha value is -0.260. The molecule has 1 fully saturated rings. The van der Waals surface area contributed by atoms with Crippen molar-refractivity contribution in [1.29, 1.82) is 0 Å². The zero-order chi connectivity index (χ0) is 7.23. The van der Waals surface area contributed by atoms with Crippen LogP contribution in [0, 0.1) is 5.92 Å². The molecular weight excluding hydrogens is 120 g/mol. The quantitative estimate of drug-likeness (QED) is 0.523. The molecule has 0 amide bonds. The molecule has 58 valence electrons. The van der Waals surface area contributed by atoms with E-state index in [1.54, 1.807) is 0 Å². The zero-order valence-corrected chi connectivity index (χ0v) is 6.97. The van der Waals surface area contributed by atoms with Crippen LogP contribution in [-0.2, 0) is 0 Å². The van der Waals surface area contributed by atoms with Gasteiger partial charge in [0.05, 0.1) is 0 Å². The summed E-state index contributed by atoms with van der Waals surface area (Å²) in [5, 5.41) is 0. The molecular formula is C10H18. The smallest absolute Gasteiger partial charge is 0.0348 e. The van der Waals surface area contributed by atoms with Gasteiger partial charge in [0.1, 0.15) is 0 Å². The second kappa shape index (κ2) is 4.54. The third kappa shape index (κ3) is 2.55. The molecule has 0 unspecified atom stereocenters. The van der Waals surface area contributed by atoms with E-state index in [1.165, 1.54) is 38.5 Å². The Kier molecular flexibility index (Phi) is 3.56. The van der Waals surface area contributed by atoms with Crippen LogP contribution in [-0.4, -0.2) is 0 Å². The molecule has 0 aliphatic heterocycles. The molecule has 0 saturated heterocycles. The Balaban J connectivity index is 2.01. The summed E-state index contributed by atoms with van der Waals surface area (Å²) in [6.07, 6.45) is 13.2. The standard InChI is InChI=1S/C10H18/c1-2-3-4-7-10-8-5-6-9-10/h2-3,10H,4-9H2,1H3/b3-2+. The molecule has 10 heavy (non-hydrogen) atoms. The van der Waals surface area contributed by atoms with Gasteiger partial charge in [-0.3, -0.25) is 0 Å². The predicted octanol–water partition coefficient (Wildman–Crippen LogP) is 3.53. The van der Waals surface area contributed by atoms with E-state index >= 15 is 0 Å². The molecule has 0 N–H and O–H groups in total. The molecule has 0 heterocycles. The van der Waals surface area contributed by atoms with Crippen LogP contribution in [0.1, 0.15) is 45.4 Å². The highest BCUT2D eigenvalue weighted by atomic mass is 14.2. The van der Waals surface area contributed by atoms with E-state index in [0.29, 0.717) is 0 Å². The first kappa shape index (κ1) is 7.84. The topological polar surface area (TPSA) is 0 Å². The number of hydrogen-bond donors (Lipinski definition) is 0. The largest absolute Gasteiger partial charge is 0.0917 e. The lowest BCUT2D eigenvalue weighted by Gasteiger charge is -2.04. The van der Waals surface area contributed by atoms with Gasteiger partial charge in [-0.05, 0) is 25.7 Å². The van der Waals surface area contributed by atoms with E-state index in [2.05, 4.69) is 19.1 Å². The Morgan fingerprint density at radius 3 is 2.60 bits per heavy atom. The van der Waals surface area contributed by atoms with E-state index in [4.69, 9.17) is 0 Å². The van der Waals surface area contributed by atoms with Crippen LogP contribution in [0.25, 0.3) is 0 Å². The fraction of sp³-hybridized carbons (Fsp3) is 0.800. The SMILES string of the molecule is C/C=C/CCC1CCCC1. The summed E-state index contributed by atoms with van der Waals surface area (Å²) >= 11 is 0. The molecule has 0 aromatic heterocycles. The van der Waals surface area contributed by atoms with Gasteiger partial charge in [0.2, 0.25) is 0 Å². The van der Waals surface area contributed by atoms with Crippen LogP contribution in [0.2, 0.25) is 0 Å². The van der Waals surface area contributed by atoms with Crippen molar-refractivity contribution in [1.82, 2.24) is 0 Å². The zero-order valence-electron chi connectivity index (χ0n) is 6.97. The third-order valence-electron chi connectivity index (χ3n) is 2.45. The van der Waals surface area contributed by atoms with Crippen LogP contribution in [0.5, 0.6) is 0 Å². The number of allylic oxidation sites excluding steroid dienone is 2. The summed E-state index contributed by atoms with van der Waals surface area (Å²) in [7, 11) is 0. The maximum absolute atomic E-state index is 2.29. The summed E-state index contributed by atoms with van der Waals surface area (Å²) in [6.45, 7) is 2.11. The van der Waals surface area contributed by atoms with Crippen molar-refractivity contribution >= 4 is 0 Å². The minimum absolute atomic E-state index is 1.07. The Bertz CT molecular complexity index is 96.6. The van der Waals surface area contributed by atoms with Gasteiger partial charge < -0.3 is 0 Å². The van der Waals surface area contributed by atoms with Gasteiger partial charge in [0, 0.05) is 0 Å². The molecule has 0 heteroatoms. The van der Waals surface area contributed by atoms with Gasteiger partial charge >= 0.3 is 0 Å². The Labute approximate surface area is 64.3 Å². The highest BCUT2D eigenvalue weighted by molar-refractivity contribution is 4.79. The van der Waals surface area contributed by atoms with Gasteiger partial charge in [-0.15, -0.1) is 0 Å². The molecule has 0 aromatic carbocycles. The van der Waals surface area contributed by atoms with Crippen molar-refractivity contribution in [2.45, 2.75) is 45.4 Å². The highest BCUT2D eigenvalue weighted by Crippen LogP contribution is 2.28. The fourth-order valence-corrected chi connectivity index (χ4v) is 1.80. The van der Waals surface area contributed by atoms with Crippen LogP contribution in [0.4, 0.5) is 0 Å².